The third-order valence-electron chi connectivity index (χ3n) is 5.90. The van der Waals surface area contributed by atoms with Gasteiger partial charge in [-0.3, -0.25) is 14.5 Å². The van der Waals surface area contributed by atoms with Crippen LogP contribution in [0.3, 0.4) is 0 Å². The Hall–Kier alpha value is -3.63. The van der Waals surface area contributed by atoms with Gasteiger partial charge in [0.25, 0.3) is 0 Å². The quantitative estimate of drug-likeness (QED) is 0.274. The second-order valence-electron chi connectivity index (χ2n) is 11.1. The number of rotatable bonds is 7. The molecule has 2 aromatic carbocycles. The van der Waals surface area contributed by atoms with Gasteiger partial charge in [0, 0.05) is 36.0 Å². The average molecular weight is 553 g/mol. The van der Waals surface area contributed by atoms with Crippen molar-refractivity contribution >= 4 is 33.7 Å². The molecule has 0 radical (unpaired) electrons. The van der Waals surface area contributed by atoms with Crippen LogP contribution in [0.4, 0.5) is 10.1 Å². The number of hydrogen-bond donors (Lipinski definition) is 1. The molecule has 4 rings (SSSR count). The van der Waals surface area contributed by atoms with Gasteiger partial charge in [-0.25, -0.2) is 4.39 Å². The average Bonchev–Trinajstić information content (AvgIpc) is 3.33. The molecule has 1 N–H and O–H groups in total. The number of halogens is 1. The molecule has 0 aliphatic rings. The molecule has 10 heteroatoms. The lowest BCUT2D eigenvalue weighted by Gasteiger charge is -2.25. The lowest BCUT2D eigenvalue weighted by Crippen LogP contribution is -2.28. The van der Waals surface area contributed by atoms with Gasteiger partial charge in [-0.05, 0) is 70.4 Å². The molecular formula is C29H33FN4O4S. The number of anilines is 1. The van der Waals surface area contributed by atoms with Crippen LogP contribution in [0.25, 0.3) is 10.9 Å². The Morgan fingerprint density at radius 3 is 2.46 bits per heavy atom. The van der Waals surface area contributed by atoms with Gasteiger partial charge in [0.1, 0.15) is 22.1 Å². The summed E-state index contributed by atoms with van der Waals surface area (Å²) in [6.07, 6.45) is 4.73. The first-order valence-electron chi connectivity index (χ1n) is 12.5. The van der Waals surface area contributed by atoms with Crippen molar-refractivity contribution in [1.82, 2.24) is 14.8 Å². The summed E-state index contributed by atoms with van der Waals surface area (Å²) in [5.41, 5.74) is 1.14. The van der Waals surface area contributed by atoms with Crippen LogP contribution < -0.4 is 14.8 Å². The molecule has 0 spiro atoms. The van der Waals surface area contributed by atoms with E-state index in [0.29, 0.717) is 33.0 Å². The number of methoxy groups -OCH3 is 1. The van der Waals surface area contributed by atoms with Crippen molar-refractivity contribution < 1.29 is 23.2 Å². The van der Waals surface area contributed by atoms with E-state index in [-0.39, 0.29) is 29.2 Å². The van der Waals surface area contributed by atoms with Gasteiger partial charge < -0.3 is 19.3 Å². The van der Waals surface area contributed by atoms with Crippen molar-refractivity contribution in [3.05, 3.63) is 66.4 Å². The number of pyridine rings is 1. The number of aromatic nitrogens is 3. The molecule has 1 unspecified atom stereocenters. The zero-order valence-corrected chi connectivity index (χ0v) is 24.0. The Labute approximate surface area is 230 Å². The highest BCUT2D eigenvalue weighted by Gasteiger charge is 2.32. The Bertz CT molecular complexity index is 1510. The first-order valence-corrected chi connectivity index (χ1v) is 13.6. The minimum absolute atomic E-state index is 0.146. The summed E-state index contributed by atoms with van der Waals surface area (Å²) in [5, 5.41) is 7.63. The second-order valence-corrected chi connectivity index (χ2v) is 13.3. The van der Waals surface area contributed by atoms with E-state index in [0.717, 1.165) is 0 Å². The third kappa shape index (κ3) is 6.51. The normalized spacial score (nSPS) is 12.8. The van der Waals surface area contributed by atoms with Crippen LogP contribution in [0.1, 0.15) is 47.1 Å². The van der Waals surface area contributed by atoms with E-state index in [1.165, 1.54) is 19.2 Å². The molecule has 1 atom stereocenters. The Morgan fingerprint density at radius 2 is 1.85 bits per heavy atom. The van der Waals surface area contributed by atoms with E-state index >= 15 is 0 Å². The van der Waals surface area contributed by atoms with Crippen molar-refractivity contribution in [1.29, 1.82) is 0 Å². The minimum Gasteiger partial charge on any atom is -0.611 e. The van der Waals surface area contributed by atoms with Gasteiger partial charge in [0.15, 0.2) is 10.6 Å². The highest BCUT2D eigenvalue weighted by Crippen LogP contribution is 2.38. The monoisotopic (exact) mass is 552 g/mol. The molecule has 0 aliphatic carbocycles. The van der Waals surface area contributed by atoms with Gasteiger partial charge in [-0.2, -0.15) is 5.10 Å². The van der Waals surface area contributed by atoms with Crippen LogP contribution in [-0.2, 0) is 27.9 Å². The van der Waals surface area contributed by atoms with E-state index in [4.69, 9.17) is 9.47 Å². The molecular weight excluding hydrogens is 519 g/mol. The number of carbonyl (C=O) groups excluding carboxylic acids is 1. The number of carbonyl (C=O) groups is 1. The zero-order valence-electron chi connectivity index (χ0n) is 23.2. The van der Waals surface area contributed by atoms with Crippen molar-refractivity contribution in [2.45, 2.75) is 63.1 Å². The fraction of sp³-hybridized carbons (Fsp3) is 0.345. The Morgan fingerprint density at radius 1 is 1.10 bits per heavy atom. The Kier molecular flexibility index (Phi) is 7.90. The van der Waals surface area contributed by atoms with E-state index < -0.39 is 21.7 Å². The first kappa shape index (κ1) is 28.4. The molecule has 0 fully saturated rings. The molecule has 2 aromatic heterocycles. The van der Waals surface area contributed by atoms with Crippen molar-refractivity contribution in [2.75, 3.05) is 12.4 Å². The van der Waals surface area contributed by atoms with Crippen LogP contribution in [-0.4, -0.2) is 37.1 Å². The molecule has 1 amide bonds. The maximum Gasteiger partial charge on any atom is 0.228 e. The number of amides is 1. The highest BCUT2D eigenvalue weighted by atomic mass is 32.2. The summed E-state index contributed by atoms with van der Waals surface area (Å²) in [5.74, 6) is 0.229. The van der Waals surface area contributed by atoms with Crippen LogP contribution in [0, 0.1) is 5.82 Å². The van der Waals surface area contributed by atoms with Gasteiger partial charge >= 0.3 is 0 Å². The summed E-state index contributed by atoms with van der Waals surface area (Å²) in [7, 11) is 1.52. The molecule has 0 aliphatic heterocycles. The third-order valence-corrected chi connectivity index (χ3v) is 7.73. The van der Waals surface area contributed by atoms with E-state index in [1.807, 2.05) is 41.5 Å². The van der Waals surface area contributed by atoms with Crippen molar-refractivity contribution in [3.63, 3.8) is 0 Å². The van der Waals surface area contributed by atoms with Crippen molar-refractivity contribution in [2.24, 2.45) is 0 Å². The van der Waals surface area contributed by atoms with E-state index in [9.17, 15) is 13.7 Å². The lowest BCUT2D eigenvalue weighted by atomic mass is 10.1. The summed E-state index contributed by atoms with van der Waals surface area (Å²) in [6, 6.07) is 9.49. The van der Waals surface area contributed by atoms with Crippen LogP contribution in [0.5, 0.6) is 17.2 Å². The summed E-state index contributed by atoms with van der Waals surface area (Å²) >= 11 is -1.37. The number of nitrogens with zero attached hydrogens (tertiary/aromatic N) is 3. The molecule has 206 valence electrons. The van der Waals surface area contributed by atoms with Gasteiger partial charge in [-0.15, -0.1) is 0 Å². The van der Waals surface area contributed by atoms with Crippen LogP contribution in [0.2, 0.25) is 0 Å². The summed E-state index contributed by atoms with van der Waals surface area (Å²) in [6.45, 7) is 11.7. The van der Waals surface area contributed by atoms with E-state index in [1.54, 1.807) is 47.5 Å². The predicted octanol–water partition coefficient (Wildman–Crippen LogP) is 6.21. The fourth-order valence-electron chi connectivity index (χ4n) is 3.85. The highest BCUT2D eigenvalue weighted by molar-refractivity contribution is 7.92. The van der Waals surface area contributed by atoms with Gasteiger partial charge in [-0.1, -0.05) is 6.07 Å². The first-order chi connectivity index (χ1) is 18.3. The number of ether oxygens (including phenoxy) is 2. The van der Waals surface area contributed by atoms with E-state index in [2.05, 4.69) is 15.4 Å². The second kappa shape index (κ2) is 10.9. The molecule has 8 nitrogen and oxygen atoms in total. The van der Waals surface area contributed by atoms with Gasteiger partial charge in [0.05, 0.1) is 36.5 Å². The smallest absolute Gasteiger partial charge is 0.228 e. The molecule has 4 aromatic rings. The molecule has 0 bridgehead atoms. The maximum atomic E-state index is 15.0. The van der Waals surface area contributed by atoms with Crippen molar-refractivity contribution in [3.8, 4) is 17.2 Å². The zero-order chi connectivity index (χ0) is 28.5. The fourth-order valence-corrected chi connectivity index (χ4v) is 5.06. The number of hydrogen-bond acceptors (Lipinski definition) is 6. The topological polar surface area (TPSA) is 101 Å². The minimum atomic E-state index is -1.37. The predicted molar refractivity (Wildman–Crippen MR) is 150 cm³/mol. The lowest BCUT2D eigenvalue weighted by molar-refractivity contribution is -0.115. The molecule has 0 saturated heterocycles. The molecule has 0 saturated carbocycles. The summed E-state index contributed by atoms with van der Waals surface area (Å²) < 4.78 is 40.9. The number of nitrogens with one attached hydrogen (secondary N) is 1. The molecule has 39 heavy (non-hydrogen) atoms. The largest absolute Gasteiger partial charge is 0.611 e. The standard InChI is InChI=1S/C29H33FN4O4S/c1-28(2,3)34-17-19(16-32-34)33-27(35)12-18-8-9-20(13-22(18)30)38-24-10-11-31-23-15-25(37-7)26(14-21(23)24)39(36)29(4,5)6/h8-11,13-17H,12H2,1-7H3,(H,33,35). The van der Waals surface area contributed by atoms with Gasteiger partial charge in [0.2, 0.25) is 5.91 Å². The Balaban J connectivity index is 1.54. The van der Waals surface area contributed by atoms with Crippen LogP contribution >= 0.6 is 0 Å². The van der Waals surface area contributed by atoms with Crippen LogP contribution in [0.15, 0.2) is 59.9 Å². The number of fused-ring (bicyclic) bond motifs is 1. The maximum absolute atomic E-state index is 15.0. The SMILES string of the molecule is COc1cc2nccc(Oc3ccc(CC(=O)Nc4cnn(C(C)(C)C)c4)c(F)c3)c2cc1[S+]([O-])C(C)(C)C. The number of benzene rings is 2. The summed E-state index contributed by atoms with van der Waals surface area (Å²) in [4.78, 5) is 17.4. The molecule has 2 heterocycles.